The monoisotopic (exact) mass is 1240 g/mol. The summed E-state index contributed by atoms with van der Waals surface area (Å²) >= 11 is 2.19. The van der Waals surface area contributed by atoms with Crippen molar-refractivity contribution in [1.82, 2.24) is 23.3 Å². The zero-order valence-corrected chi connectivity index (χ0v) is 47.5. The van der Waals surface area contributed by atoms with Crippen LogP contribution in [0.2, 0.25) is 0 Å². The van der Waals surface area contributed by atoms with Crippen molar-refractivity contribution in [3.63, 3.8) is 0 Å². The molecular weight excluding hydrogens is 1170 g/mol. The Labute approximate surface area is 496 Å². The Hall–Kier alpha value is -9.09. The molecule has 0 N–H and O–H groups in total. The van der Waals surface area contributed by atoms with Crippen LogP contribution in [0.25, 0.3) is 111 Å². The predicted molar refractivity (Wildman–Crippen MR) is 330 cm³/mol. The van der Waals surface area contributed by atoms with Gasteiger partial charge in [0, 0.05) is 6.20 Å². The Bertz CT molecular complexity index is 5260. The summed E-state index contributed by atoms with van der Waals surface area (Å²) in [5.74, 6) is 1.53. The Balaban J connectivity index is 0.981. The fraction of sp³-hybridized carbons (Fsp3) is 0.108. The van der Waals surface area contributed by atoms with Gasteiger partial charge in [-0.1, -0.05) is 71.9 Å². The Kier molecular flexibility index (Phi) is 9.72. The molecule has 0 amide bonds. The molecule has 7 heteroatoms. The Morgan fingerprint density at radius 3 is 1.64 bits per heavy atom. The van der Waals surface area contributed by atoms with Crippen molar-refractivity contribution in [1.29, 1.82) is 0 Å². The third-order valence-corrected chi connectivity index (χ3v) is 16.2. The van der Waals surface area contributed by atoms with Gasteiger partial charge in [0.05, 0.1) is 0 Å². The molecule has 14 rings (SSSR count). The molecule has 81 heavy (non-hydrogen) atoms. The van der Waals surface area contributed by atoms with Gasteiger partial charge in [0.1, 0.15) is 0 Å². The molecule has 4 aromatic heterocycles. The molecule has 4 heterocycles. The van der Waals surface area contributed by atoms with E-state index in [9.17, 15) is 5.48 Å². The number of para-hydroxylation sites is 4. The van der Waals surface area contributed by atoms with Gasteiger partial charge >= 0.3 is 382 Å². The van der Waals surface area contributed by atoms with Gasteiger partial charge in [-0.15, -0.1) is 0 Å². The van der Waals surface area contributed by atoms with Crippen molar-refractivity contribution in [2.45, 2.75) is 52.4 Å². The SMILES string of the molecule is [2H]c1c([2H])c([2H])c(-c2cc(-n3c4ccccc4c4ccccc43)cc(-c3c([2H])c([2H])c([2H])c([2H])c3[2H])c2-n2[c](=[Pt])n(-c3[c-]c(Oc4[c-]c5c(cc4)c4cc(-c6ccc(C(C)(C)C)cc6)ccc4n5-c4cc(C(C)(C)C)ccn4)ccc3)c3ccccc32)c([2H])c1[2H]. The van der Waals surface area contributed by atoms with E-state index in [2.05, 4.69) is 138 Å². The molecule has 0 saturated carbocycles. The maximum absolute atomic E-state index is 9.61. The molecule has 0 aliphatic rings. The van der Waals surface area contributed by atoms with Crippen LogP contribution in [0, 0.1) is 15.9 Å². The molecular formula is C74H57N5OPt-2. The van der Waals surface area contributed by atoms with E-state index in [4.69, 9.17) is 17.9 Å². The summed E-state index contributed by atoms with van der Waals surface area (Å²) in [6, 6.07) is 57.5. The average Bonchev–Trinajstić information content (AvgIpc) is 1.68. The molecule has 10 aromatic carbocycles. The molecule has 0 aliphatic carbocycles. The van der Waals surface area contributed by atoms with E-state index >= 15 is 0 Å². The van der Waals surface area contributed by atoms with Gasteiger partial charge in [-0.05, 0) is 39.2 Å². The fourth-order valence-corrected chi connectivity index (χ4v) is 12.3. The van der Waals surface area contributed by atoms with Gasteiger partial charge in [-0.2, -0.15) is 0 Å². The van der Waals surface area contributed by atoms with Crippen molar-refractivity contribution in [2.24, 2.45) is 0 Å². The number of pyridine rings is 1. The van der Waals surface area contributed by atoms with Gasteiger partial charge in [-0.3, -0.25) is 0 Å². The van der Waals surface area contributed by atoms with Crippen LogP contribution >= 0.6 is 0 Å². The summed E-state index contributed by atoms with van der Waals surface area (Å²) in [7, 11) is 0. The molecule has 0 bridgehead atoms. The number of nitrogens with zero attached hydrogens (tertiary/aromatic N) is 5. The first-order valence-electron chi connectivity index (χ1n) is 31.8. The number of fused-ring (bicyclic) bond motifs is 7. The Morgan fingerprint density at radius 2 is 1.01 bits per heavy atom. The van der Waals surface area contributed by atoms with Crippen LogP contribution in [0.5, 0.6) is 11.5 Å². The van der Waals surface area contributed by atoms with Gasteiger partial charge in [-0.25, -0.2) is 0 Å². The van der Waals surface area contributed by atoms with E-state index in [1.165, 1.54) is 5.56 Å². The number of hydrogen-bond donors (Lipinski definition) is 0. The van der Waals surface area contributed by atoms with Crippen LogP contribution in [-0.2, 0) is 30.2 Å². The van der Waals surface area contributed by atoms with Crippen LogP contribution in [0.1, 0.15) is 66.4 Å². The minimum atomic E-state index is -0.587. The standard InChI is InChI=1S/C74H57N5O.Pt/c1-73(2,3)53-35-32-49(33-36-53)52-34-39-67-64(42-52)61-38-37-58(47-70(61)79(67)71-43-54(40-41-75-71)74(4,5)6)80-57-25-19-24-55(44-57)76-48-77(69-31-18-17-30-68(69)76)72-62(50-20-9-7-10-21-50)45-56(46-63(72)51-22-11-8-12-23-51)78-65-28-15-13-26-59(65)60-27-14-16-29-66(60)78;/h7-43,45-46H,1-6H3;/q-2;/i7D,8D,9D,10D,11D,12D,20D,21D,22D,23D;. The molecule has 0 spiro atoms. The Morgan fingerprint density at radius 1 is 0.444 bits per heavy atom. The van der Waals surface area contributed by atoms with E-state index in [1.807, 2.05) is 117 Å². The summed E-state index contributed by atoms with van der Waals surface area (Å²) in [6.45, 7) is 13.2. The molecule has 0 radical (unpaired) electrons. The average molecular weight is 1240 g/mol. The fourth-order valence-electron chi connectivity index (χ4n) is 11.2. The molecule has 0 fully saturated rings. The normalized spacial score (nSPS) is 13.9. The molecule has 0 aliphatic heterocycles. The summed E-state index contributed by atoms with van der Waals surface area (Å²) < 4.78 is 107. The summed E-state index contributed by atoms with van der Waals surface area (Å²) in [5, 5.41) is 3.82. The maximum atomic E-state index is 9.61. The zero-order chi connectivity index (χ0) is 63.9. The van der Waals surface area contributed by atoms with Crippen molar-refractivity contribution in [3.05, 3.63) is 264 Å². The zero-order valence-electron chi connectivity index (χ0n) is 55.2. The van der Waals surface area contributed by atoms with Crippen LogP contribution < -0.4 is 4.74 Å². The third-order valence-electron chi connectivity index (χ3n) is 15.2. The van der Waals surface area contributed by atoms with Gasteiger partial charge in [0.2, 0.25) is 0 Å². The topological polar surface area (TPSA) is 41.8 Å². The van der Waals surface area contributed by atoms with Crippen molar-refractivity contribution in [2.75, 3.05) is 0 Å². The second kappa shape index (κ2) is 19.6. The predicted octanol–water partition coefficient (Wildman–Crippen LogP) is 19.1. The van der Waals surface area contributed by atoms with Crippen molar-refractivity contribution < 1.29 is 37.8 Å². The van der Waals surface area contributed by atoms with Crippen LogP contribution in [0.3, 0.4) is 0 Å². The molecule has 0 unspecified atom stereocenters. The summed E-state index contributed by atoms with van der Waals surface area (Å²) in [6.07, 6.45) is 1.85. The number of hydrogen-bond acceptors (Lipinski definition) is 2. The van der Waals surface area contributed by atoms with Gasteiger partial charge < -0.3 is 0 Å². The first kappa shape index (κ1) is 40.1. The first-order valence-corrected chi connectivity index (χ1v) is 27.9. The van der Waals surface area contributed by atoms with Gasteiger partial charge in [0.25, 0.3) is 0 Å². The van der Waals surface area contributed by atoms with E-state index in [-0.39, 0.29) is 38.8 Å². The van der Waals surface area contributed by atoms with Crippen LogP contribution in [0.15, 0.2) is 236 Å². The minimum absolute atomic E-state index is 0.0165. The van der Waals surface area contributed by atoms with Crippen LogP contribution in [-0.4, -0.2) is 23.3 Å². The molecule has 396 valence electrons. The summed E-state index contributed by atoms with van der Waals surface area (Å²) in [5.41, 5.74) is 10.1. The number of ether oxygens (including phenoxy) is 1. The van der Waals surface area contributed by atoms with E-state index in [1.54, 1.807) is 12.1 Å². The quantitative estimate of drug-likeness (QED) is 0.135. The van der Waals surface area contributed by atoms with E-state index in [0.29, 0.717) is 37.7 Å². The molecule has 14 aromatic rings. The van der Waals surface area contributed by atoms with Gasteiger partial charge in [0.15, 0.2) is 0 Å². The van der Waals surface area contributed by atoms with Crippen molar-refractivity contribution in [3.8, 4) is 67.8 Å². The number of benzene rings is 10. The van der Waals surface area contributed by atoms with E-state index < -0.39 is 60.4 Å². The number of rotatable bonds is 9. The number of imidazole rings is 1. The van der Waals surface area contributed by atoms with E-state index in [0.717, 1.165) is 66.1 Å². The number of aromatic nitrogens is 5. The first-order chi connectivity index (χ1) is 43.5. The van der Waals surface area contributed by atoms with Crippen molar-refractivity contribution >= 4 is 54.6 Å². The molecule has 6 nitrogen and oxygen atoms in total. The molecule has 0 saturated heterocycles. The third kappa shape index (κ3) is 8.77. The summed E-state index contributed by atoms with van der Waals surface area (Å²) in [4.78, 5) is 4.95. The molecule has 0 atom stereocenters. The second-order valence-electron chi connectivity index (χ2n) is 22.3. The second-order valence-corrected chi connectivity index (χ2v) is 23.3. The van der Waals surface area contributed by atoms with Crippen LogP contribution in [0.4, 0.5) is 0 Å².